The first-order valence-electron chi connectivity index (χ1n) is 6.68. The normalized spacial score (nSPS) is 9.30. The predicted molar refractivity (Wildman–Crippen MR) is 107 cm³/mol. The molecule has 0 aliphatic heterocycles. The van der Waals surface area contributed by atoms with Crippen LogP contribution in [0.4, 0.5) is 0 Å². The monoisotopic (exact) mass is 312 g/mol. The predicted octanol–water partition coefficient (Wildman–Crippen LogP) is 7.26. The van der Waals surface area contributed by atoms with Crippen LogP contribution in [-0.4, -0.2) is 12.5 Å². The van der Waals surface area contributed by atoms with Crippen LogP contribution in [-0.2, 0) is 0 Å². The molecule has 0 nitrogen and oxygen atoms in total. The molecule has 0 rings (SSSR count). The molecule has 0 aliphatic carbocycles. The maximum Gasteiger partial charge on any atom is 0.00630 e. The van der Waals surface area contributed by atoms with Gasteiger partial charge >= 0.3 is 0 Å². The van der Waals surface area contributed by atoms with Crippen LogP contribution in [0.15, 0.2) is 72.6 Å². The van der Waals surface area contributed by atoms with Gasteiger partial charge in [-0.05, 0) is 24.7 Å². The quantitative estimate of drug-likeness (QED) is 0.473. The highest BCUT2D eigenvalue weighted by molar-refractivity contribution is 8.02. The van der Waals surface area contributed by atoms with Gasteiger partial charge in [-0.15, -0.1) is 23.5 Å². The van der Waals surface area contributed by atoms with Crippen molar-refractivity contribution >= 4 is 23.5 Å². The summed E-state index contributed by atoms with van der Waals surface area (Å²) < 4.78 is 0. The molecule has 20 heavy (non-hydrogen) atoms. The van der Waals surface area contributed by atoms with Gasteiger partial charge in [-0.25, -0.2) is 0 Å². The molecule has 0 aromatic rings. The Morgan fingerprint density at radius 2 is 0.900 bits per heavy atom. The standard InChI is InChI=1S/2C7H10S.2C2H6/c2*1-4-6-7(5-2)8-3;2*1-2/h2*4-6H,1-2H2,3H3;2*1-2H3/b2*7-6+;;. The molecule has 0 radical (unpaired) electrons. The smallest absolute Gasteiger partial charge is 0.00630 e. The molecule has 0 spiro atoms. The second-order valence-electron chi connectivity index (χ2n) is 2.43. The lowest BCUT2D eigenvalue weighted by molar-refractivity contribution is 1.50. The van der Waals surface area contributed by atoms with Crippen LogP contribution in [0.5, 0.6) is 0 Å². The van der Waals surface area contributed by atoms with E-state index in [0.29, 0.717) is 0 Å². The van der Waals surface area contributed by atoms with Gasteiger partial charge in [0.2, 0.25) is 0 Å². The van der Waals surface area contributed by atoms with E-state index in [0.717, 1.165) is 9.81 Å². The van der Waals surface area contributed by atoms with Gasteiger partial charge in [0.05, 0.1) is 0 Å². The van der Waals surface area contributed by atoms with Crippen molar-refractivity contribution in [2.75, 3.05) is 12.5 Å². The van der Waals surface area contributed by atoms with Gasteiger partial charge < -0.3 is 0 Å². The lowest BCUT2D eigenvalue weighted by Gasteiger charge is -1.88. The number of hydrogen-bond acceptors (Lipinski definition) is 2. The van der Waals surface area contributed by atoms with Gasteiger partial charge in [-0.3, -0.25) is 0 Å². The van der Waals surface area contributed by atoms with E-state index in [4.69, 9.17) is 0 Å². The Bertz CT molecular complexity index is 254. The van der Waals surface area contributed by atoms with Crippen LogP contribution in [0, 0.1) is 0 Å². The fourth-order valence-corrected chi connectivity index (χ4v) is 1.47. The number of thioether (sulfide) groups is 2. The highest BCUT2D eigenvalue weighted by atomic mass is 32.2. The van der Waals surface area contributed by atoms with Gasteiger partial charge in [0, 0.05) is 9.81 Å². The molecule has 0 unspecified atom stereocenters. The Balaban J connectivity index is -0.000000102. The summed E-state index contributed by atoms with van der Waals surface area (Å²) in [6, 6.07) is 0. The summed E-state index contributed by atoms with van der Waals surface area (Å²) in [6.45, 7) is 22.3. The maximum absolute atomic E-state index is 3.61. The summed E-state index contributed by atoms with van der Waals surface area (Å²) in [6.07, 6.45) is 15.0. The van der Waals surface area contributed by atoms with Crippen molar-refractivity contribution in [2.45, 2.75) is 27.7 Å². The Morgan fingerprint density at radius 3 is 0.950 bits per heavy atom. The van der Waals surface area contributed by atoms with Crippen LogP contribution in [0.1, 0.15) is 27.7 Å². The van der Waals surface area contributed by atoms with E-state index in [2.05, 4.69) is 26.3 Å². The highest BCUT2D eigenvalue weighted by Gasteiger charge is 1.80. The van der Waals surface area contributed by atoms with Gasteiger partial charge in [0.25, 0.3) is 0 Å². The molecule has 116 valence electrons. The minimum absolute atomic E-state index is 1.15. The van der Waals surface area contributed by atoms with E-state index in [9.17, 15) is 0 Å². The third-order valence-corrected chi connectivity index (χ3v) is 2.99. The number of hydrogen-bond donors (Lipinski definition) is 0. The highest BCUT2D eigenvalue weighted by Crippen LogP contribution is 2.11. The minimum atomic E-state index is 1.15. The Morgan fingerprint density at radius 1 is 0.650 bits per heavy atom. The summed E-state index contributed by atoms with van der Waals surface area (Å²) in [5, 5.41) is 0. The van der Waals surface area contributed by atoms with E-state index < -0.39 is 0 Å². The summed E-state index contributed by atoms with van der Waals surface area (Å²) in [4.78, 5) is 2.31. The molecule has 2 heteroatoms. The molecule has 0 fully saturated rings. The first-order valence-corrected chi connectivity index (χ1v) is 9.13. The van der Waals surface area contributed by atoms with Crippen LogP contribution in [0.3, 0.4) is 0 Å². The van der Waals surface area contributed by atoms with Crippen molar-refractivity contribution in [2.24, 2.45) is 0 Å². The first-order chi connectivity index (χ1) is 9.69. The summed E-state index contributed by atoms with van der Waals surface area (Å²) in [5.74, 6) is 0. The van der Waals surface area contributed by atoms with Crippen LogP contribution < -0.4 is 0 Å². The molecule has 0 aromatic carbocycles. The second-order valence-corrected chi connectivity index (χ2v) is 4.19. The van der Waals surface area contributed by atoms with E-state index in [1.54, 1.807) is 35.7 Å². The fraction of sp³-hybridized carbons (Fsp3) is 0.333. The lowest BCUT2D eigenvalue weighted by atomic mass is 10.5. The van der Waals surface area contributed by atoms with Crippen LogP contribution in [0.25, 0.3) is 0 Å². The molecule has 0 heterocycles. The van der Waals surface area contributed by atoms with Crippen molar-refractivity contribution in [3.63, 3.8) is 0 Å². The second kappa shape index (κ2) is 30.9. The molecular formula is C18H32S2. The van der Waals surface area contributed by atoms with Crippen LogP contribution >= 0.6 is 23.5 Å². The van der Waals surface area contributed by atoms with Gasteiger partial charge in [-0.1, -0.05) is 78.3 Å². The average molecular weight is 313 g/mol. The zero-order valence-electron chi connectivity index (χ0n) is 14.1. The number of allylic oxidation sites excluding steroid dienone is 6. The van der Waals surface area contributed by atoms with Gasteiger partial charge in [0.1, 0.15) is 0 Å². The third kappa shape index (κ3) is 25.9. The van der Waals surface area contributed by atoms with Gasteiger partial charge in [0.15, 0.2) is 0 Å². The van der Waals surface area contributed by atoms with Crippen LogP contribution in [0.2, 0.25) is 0 Å². The number of rotatable bonds is 6. The van der Waals surface area contributed by atoms with Crippen molar-refractivity contribution in [3.8, 4) is 0 Å². The van der Waals surface area contributed by atoms with E-state index in [1.165, 1.54) is 0 Å². The van der Waals surface area contributed by atoms with E-state index in [-0.39, 0.29) is 0 Å². The largest absolute Gasteiger partial charge is 0.130 e. The fourth-order valence-electron chi connectivity index (χ4n) is 0.671. The maximum atomic E-state index is 3.61. The molecule has 0 amide bonds. The summed E-state index contributed by atoms with van der Waals surface area (Å²) in [5.41, 5.74) is 0. The van der Waals surface area contributed by atoms with E-state index >= 15 is 0 Å². The molecule has 0 aromatic heterocycles. The molecule has 0 bridgehead atoms. The molecule has 0 atom stereocenters. The van der Waals surface area contributed by atoms with E-state index in [1.807, 2.05) is 64.5 Å². The van der Waals surface area contributed by atoms with Gasteiger partial charge in [-0.2, -0.15) is 0 Å². The molecule has 0 N–H and O–H groups in total. The minimum Gasteiger partial charge on any atom is -0.130 e. The molecule has 0 saturated heterocycles. The average Bonchev–Trinajstić information content (AvgIpc) is 2.54. The zero-order chi connectivity index (χ0) is 16.8. The molecule has 0 aliphatic rings. The first kappa shape index (κ1) is 27.5. The van der Waals surface area contributed by atoms with Crippen molar-refractivity contribution in [3.05, 3.63) is 72.6 Å². The third-order valence-electron chi connectivity index (χ3n) is 1.44. The Labute approximate surface area is 136 Å². The van der Waals surface area contributed by atoms with Crippen molar-refractivity contribution < 1.29 is 0 Å². The summed E-state index contributed by atoms with van der Waals surface area (Å²) >= 11 is 3.33. The summed E-state index contributed by atoms with van der Waals surface area (Å²) in [7, 11) is 0. The van der Waals surface area contributed by atoms with Crippen molar-refractivity contribution in [1.29, 1.82) is 0 Å². The Kier molecular flexibility index (Phi) is 42.4. The lowest BCUT2D eigenvalue weighted by Crippen LogP contribution is -1.61. The topological polar surface area (TPSA) is 0 Å². The molecule has 0 saturated carbocycles. The molecular weight excluding hydrogens is 280 g/mol. The Hall–Kier alpha value is -0.860. The SMILES string of the molecule is C=C/C=C(\C=C)SC.C=C/C=C(\C=C)SC.CC.CC. The zero-order valence-corrected chi connectivity index (χ0v) is 15.7. The van der Waals surface area contributed by atoms with Crippen molar-refractivity contribution in [1.82, 2.24) is 0 Å².